The van der Waals surface area contributed by atoms with Crippen molar-refractivity contribution in [2.24, 2.45) is 5.41 Å². The van der Waals surface area contributed by atoms with Gasteiger partial charge in [-0.15, -0.1) is 0 Å². The van der Waals surface area contributed by atoms with Crippen molar-refractivity contribution in [3.63, 3.8) is 0 Å². The summed E-state index contributed by atoms with van der Waals surface area (Å²) in [5, 5.41) is 0. The van der Waals surface area contributed by atoms with Crippen LogP contribution in [0.25, 0.3) is 11.6 Å². The molecule has 1 rings (SSSR count). The highest BCUT2D eigenvalue weighted by molar-refractivity contribution is 5.65. The van der Waals surface area contributed by atoms with Crippen molar-refractivity contribution >= 4 is 11.6 Å². The van der Waals surface area contributed by atoms with E-state index >= 15 is 0 Å². The third kappa shape index (κ3) is 5.35. The lowest BCUT2D eigenvalue weighted by Crippen LogP contribution is -1.97. The normalized spacial score (nSPS) is 12.0. The number of allylic oxidation sites excluding steroid dienone is 2. The Balaban J connectivity index is 2.68. The molecule has 0 radical (unpaired) electrons. The number of hydrogen-bond donors (Lipinski definition) is 0. The average Bonchev–Trinajstić information content (AvgIpc) is 2.33. The van der Waals surface area contributed by atoms with Gasteiger partial charge in [-0.3, -0.25) is 0 Å². The predicted octanol–water partition coefficient (Wildman–Crippen LogP) is 5.95. The molecule has 0 nitrogen and oxygen atoms in total. The van der Waals surface area contributed by atoms with Crippen molar-refractivity contribution in [3.05, 3.63) is 48.0 Å². The third-order valence-corrected chi connectivity index (χ3v) is 2.93. The molecule has 1 aromatic rings. The van der Waals surface area contributed by atoms with E-state index in [2.05, 4.69) is 70.7 Å². The predicted molar refractivity (Wildman–Crippen MR) is 83.5 cm³/mol. The maximum Gasteiger partial charge on any atom is -0.0200 e. The molecule has 0 unspecified atom stereocenters. The lowest BCUT2D eigenvalue weighted by molar-refractivity contribution is 0.547. The highest BCUT2D eigenvalue weighted by Crippen LogP contribution is 2.21. The summed E-state index contributed by atoms with van der Waals surface area (Å²) in [5.41, 5.74) is 4.03. The van der Waals surface area contributed by atoms with Crippen LogP contribution in [-0.2, 0) is 0 Å². The largest absolute Gasteiger partial charge is 0.0952 e. The molecule has 98 valence electrons. The SMILES string of the molecule is C=C(CCCC)c1ccc(/C=C/C(C)(C)C)cc1. The van der Waals surface area contributed by atoms with Gasteiger partial charge in [-0.05, 0) is 35.0 Å². The highest BCUT2D eigenvalue weighted by atomic mass is 14.1. The molecule has 0 aliphatic heterocycles. The first kappa shape index (κ1) is 14.8. The van der Waals surface area contributed by atoms with Gasteiger partial charge in [-0.1, -0.05) is 77.1 Å². The van der Waals surface area contributed by atoms with Gasteiger partial charge in [0, 0.05) is 0 Å². The van der Waals surface area contributed by atoms with E-state index in [1.54, 1.807) is 0 Å². The Labute approximate surface area is 112 Å². The zero-order chi connectivity index (χ0) is 13.6. The van der Waals surface area contributed by atoms with E-state index in [4.69, 9.17) is 0 Å². The Kier molecular flexibility index (Phi) is 5.40. The molecule has 0 fully saturated rings. The Hall–Kier alpha value is -1.30. The van der Waals surface area contributed by atoms with Crippen LogP contribution in [0.5, 0.6) is 0 Å². The lowest BCUT2D eigenvalue weighted by Gasteiger charge is -2.11. The van der Waals surface area contributed by atoms with E-state index < -0.39 is 0 Å². The summed E-state index contributed by atoms with van der Waals surface area (Å²) in [6, 6.07) is 8.71. The van der Waals surface area contributed by atoms with Crippen LogP contribution >= 0.6 is 0 Å². The van der Waals surface area contributed by atoms with Gasteiger partial charge in [0.1, 0.15) is 0 Å². The zero-order valence-electron chi connectivity index (χ0n) is 12.3. The van der Waals surface area contributed by atoms with Crippen molar-refractivity contribution < 1.29 is 0 Å². The lowest BCUT2D eigenvalue weighted by atomic mass is 9.95. The van der Waals surface area contributed by atoms with E-state index in [0.29, 0.717) is 0 Å². The number of benzene rings is 1. The Morgan fingerprint density at radius 2 is 1.78 bits per heavy atom. The molecule has 1 aromatic carbocycles. The van der Waals surface area contributed by atoms with E-state index in [1.807, 2.05) is 0 Å². The fraction of sp³-hybridized carbons (Fsp3) is 0.444. The molecule has 0 aliphatic rings. The molecular weight excluding hydrogens is 216 g/mol. The zero-order valence-corrected chi connectivity index (χ0v) is 12.3. The van der Waals surface area contributed by atoms with Gasteiger partial charge in [0.25, 0.3) is 0 Å². The van der Waals surface area contributed by atoms with Crippen molar-refractivity contribution in [1.82, 2.24) is 0 Å². The third-order valence-electron chi connectivity index (χ3n) is 2.93. The Morgan fingerprint density at radius 1 is 1.17 bits per heavy atom. The van der Waals surface area contributed by atoms with Crippen LogP contribution in [-0.4, -0.2) is 0 Å². The molecule has 0 heterocycles. The van der Waals surface area contributed by atoms with E-state index in [0.717, 1.165) is 6.42 Å². The van der Waals surface area contributed by atoms with Gasteiger partial charge in [0.15, 0.2) is 0 Å². The summed E-state index contributed by atoms with van der Waals surface area (Å²) in [7, 11) is 0. The molecule has 0 aliphatic carbocycles. The van der Waals surface area contributed by atoms with Crippen LogP contribution in [0.4, 0.5) is 0 Å². The molecule has 0 atom stereocenters. The van der Waals surface area contributed by atoms with Crippen LogP contribution in [0.1, 0.15) is 58.1 Å². The first-order valence-electron chi connectivity index (χ1n) is 6.90. The maximum atomic E-state index is 4.16. The molecule has 0 spiro atoms. The minimum Gasteiger partial charge on any atom is -0.0952 e. The first-order valence-corrected chi connectivity index (χ1v) is 6.90. The standard InChI is InChI=1S/C18H26/c1-6-7-8-15(2)17-11-9-16(10-12-17)13-14-18(3,4)5/h9-14H,2,6-8H2,1,3-5H3/b14-13+. The summed E-state index contributed by atoms with van der Waals surface area (Å²) in [5.74, 6) is 0. The van der Waals surface area contributed by atoms with Gasteiger partial charge < -0.3 is 0 Å². The number of rotatable bonds is 5. The van der Waals surface area contributed by atoms with Gasteiger partial charge in [-0.25, -0.2) is 0 Å². The van der Waals surface area contributed by atoms with Crippen molar-refractivity contribution in [1.29, 1.82) is 0 Å². The van der Waals surface area contributed by atoms with Crippen LogP contribution in [0.3, 0.4) is 0 Å². The van der Waals surface area contributed by atoms with Crippen molar-refractivity contribution in [2.45, 2.75) is 47.0 Å². The fourth-order valence-electron chi connectivity index (χ4n) is 1.71. The molecule has 0 aromatic heterocycles. The van der Waals surface area contributed by atoms with Gasteiger partial charge >= 0.3 is 0 Å². The average molecular weight is 242 g/mol. The molecule has 0 bridgehead atoms. The molecule has 0 saturated heterocycles. The molecule has 18 heavy (non-hydrogen) atoms. The molecule has 0 amide bonds. The Morgan fingerprint density at radius 3 is 2.28 bits per heavy atom. The van der Waals surface area contributed by atoms with E-state index in [1.165, 1.54) is 29.5 Å². The summed E-state index contributed by atoms with van der Waals surface area (Å²) >= 11 is 0. The second-order valence-corrected chi connectivity index (χ2v) is 6.03. The highest BCUT2D eigenvalue weighted by Gasteiger charge is 2.03. The minimum absolute atomic E-state index is 0.239. The fourth-order valence-corrected chi connectivity index (χ4v) is 1.71. The van der Waals surface area contributed by atoms with Gasteiger partial charge in [0.2, 0.25) is 0 Å². The van der Waals surface area contributed by atoms with Crippen LogP contribution in [0.2, 0.25) is 0 Å². The minimum atomic E-state index is 0.239. The second-order valence-electron chi connectivity index (χ2n) is 6.03. The monoisotopic (exact) mass is 242 g/mol. The summed E-state index contributed by atoms with van der Waals surface area (Å²) in [6.07, 6.45) is 8.00. The second kappa shape index (κ2) is 6.58. The first-order chi connectivity index (χ1) is 8.42. The molecule has 0 saturated carbocycles. The number of hydrogen-bond acceptors (Lipinski definition) is 0. The smallest absolute Gasteiger partial charge is 0.0200 e. The quantitative estimate of drug-likeness (QED) is 0.598. The van der Waals surface area contributed by atoms with Crippen LogP contribution in [0, 0.1) is 5.41 Å². The number of unbranched alkanes of at least 4 members (excludes halogenated alkanes) is 1. The summed E-state index contributed by atoms with van der Waals surface area (Å²) < 4.78 is 0. The summed E-state index contributed by atoms with van der Waals surface area (Å²) in [4.78, 5) is 0. The molecule has 0 N–H and O–H groups in total. The van der Waals surface area contributed by atoms with E-state index in [-0.39, 0.29) is 5.41 Å². The van der Waals surface area contributed by atoms with E-state index in [9.17, 15) is 0 Å². The van der Waals surface area contributed by atoms with Crippen molar-refractivity contribution in [2.75, 3.05) is 0 Å². The maximum absolute atomic E-state index is 4.16. The molecular formula is C18H26. The topological polar surface area (TPSA) is 0 Å². The van der Waals surface area contributed by atoms with Crippen LogP contribution < -0.4 is 0 Å². The summed E-state index contributed by atoms with van der Waals surface area (Å²) in [6.45, 7) is 13.0. The van der Waals surface area contributed by atoms with Gasteiger partial charge in [0.05, 0.1) is 0 Å². The van der Waals surface area contributed by atoms with Gasteiger partial charge in [-0.2, -0.15) is 0 Å². The Bertz CT molecular complexity index is 399. The molecule has 0 heteroatoms. The van der Waals surface area contributed by atoms with Crippen molar-refractivity contribution in [3.8, 4) is 0 Å². The van der Waals surface area contributed by atoms with Crippen LogP contribution in [0.15, 0.2) is 36.9 Å².